The smallest absolute Gasteiger partial charge is 0.165 e. The van der Waals surface area contributed by atoms with Gasteiger partial charge in [-0.05, 0) is 35.9 Å². The highest BCUT2D eigenvalue weighted by atomic mass is 19.1. The molecule has 2 rings (SSSR count). The molecule has 2 aromatic carbocycles. The van der Waals surface area contributed by atoms with Gasteiger partial charge in [-0.3, -0.25) is 0 Å². The minimum absolute atomic E-state index is 0.195. The normalized spacial score (nSPS) is 9.47. The van der Waals surface area contributed by atoms with Gasteiger partial charge in [0, 0.05) is 0 Å². The molecule has 0 heterocycles. The fourth-order valence-electron chi connectivity index (χ4n) is 1.42. The van der Waals surface area contributed by atoms with Gasteiger partial charge in [0.2, 0.25) is 0 Å². The van der Waals surface area contributed by atoms with Gasteiger partial charge in [-0.25, -0.2) is 4.39 Å². The van der Waals surface area contributed by atoms with Crippen LogP contribution in [0, 0.1) is 5.82 Å². The predicted octanol–water partition coefficient (Wildman–Crippen LogP) is 4.42. The summed E-state index contributed by atoms with van der Waals surface area (Å²) in [5, 5.41) is 0. The van der Waals surface area contributed by atoms with Gasteiger partial charge in [0.1, 0.15) is 5.75 Å². The van der Waals surface area contributed by atoms with Crippen LogP contribution >= 0.6 is 0 Å². The lowest BCUT2D eigenvalue weighted by Gasteiger charge is -2.07. The van der Waals surface area contributed by atoms with E-state index in [0.29, 0.717) is 5.75 Å². The maximum atomic E-state index is 13.5. The molecule has 0 aliphatic carbocycles. The Morgan fingerprint density at radius 1 is 1.12 bits per heavy atom. The molecule has 0 aromatic heterocycles. The van der Waals surface area contributed by atoms with E-state index in [0.717, 1.165) is 5.56 Å². The molecule has 0 spiro atoms. The highest BCUT2D eigenvalue weighted by molar-refractivity contribution is 5.51. The van der Waals surface area contributed by atoms with Crippen molar-refractivity contribution in [3.63, 3.8) is 0 Å². The van der Waals surface area contributed by atoms with Gasteiger partial charge in [-0.2, -0.15) is 0 Å². The third-order valence-corrected chi connectivity index (χ3v) is 2.20. The Morgan fingerprint density at radius 2 is 1.88 bits per heavy atom. The number of halogens is 1. The third kappa shape index (κ3) is 2.83. The second-order valence-electron chi connectivity index (χ2n) is 3.45. The van der Waals surface area contributed by atoms with Crippen molar-refractivity contribution in [2.75, 3.05) is 0 Å². The van der Waals surface area contributed by atoms with Crippen molar-refractivity contribution < 1.29 is 9.13 Å². The average Bonchev–Trinajstić information content (AvgIpc) is 2.35. The zero-order chi connectivity index (χ0) is 12.1. The number of benzene rings is 2. The van der Waals surface area contributed by atoms with Crippen molar-refractivity contribution in [3.8, 4) is 11.5 Å². The van der Waals surface area contributed by atoms with Crippen LogP contribution in [0.1, 0.15) is 5.56 Å². The van der Waals surface area contributed by atoms with Crippen LogP contribution in [0.2, 0.25) is 0 Å². The monoisotopic (exact) mass is 226 g/mol. The van der Waals surface area contributed by atoms with Crippen LogP contribution in [0.25, 0.3) is 6.08 Å². The summed E-state index contributed by atoms with van der Waals surface area (Å²) in [5.41, 5.74) is 3.44. The first-order valence-corrected chi connectivity index (χ1v) is 5.18. The lowest BCUT2D eigenvalue weighted by atomic mass is 10.2. The van der Waals surface area contributed by atoms with Crippen LogP contribution in [0.15, 0.2) is 60.8 Å². The Hall–Kier alpha value is -2.31. The highest BCUT2D eigenvalue weighted by Gasteiger charge is 2.04. The van der Waals surface area contributed by atoms with Gasteiger partial charge in [0.05, 0.1) is 0 Å². The van der Waals surface area contributed by atoms with Crippen LogP contribution < -0.4 is 4.74 Å². The van der Waals surface area contributed by atoms with Gasteiger partial charge < -0.3 is 4.74 Å². The summed E-state index contributed by atoms with van der Waals surface area (Å²) in [6, 6.07) is 13.7. The second-order valence-corrected chi connectivity index (χ2v) is 3.45. The Labute approximate surface area is 99.5 Å². The van der Waals surface area contributed by atoms with E-state index < -0.39 is 5.82 Å². The fraction of sp³-hybridized carbons (Fsp3) is 0. The molecule has 0 amide bonds. The SMILES string of the molecule is C=C=Cc1ccc(F)c(Oc2ccccc2)c1. The van der Waals surface area contributed by atoms with E-state index in [1.54, 1.807) is 30.3 Å². The molecule has 0 bridgehead atoms. The van der Waals surface area contributed by atoms with Crippen molar-refractivity contribution >= 4 is 6.08 Å². The number of rotatable bonds is 3. The summed E-state index contributed by atoms with van der Waals surface area (Å²) in [5.74, 6) is 0.404. The number of para-hydroxylation sites is 1. The number of hydrogen-bond donors (Lipinski definition) is 0. The minimum Gasteiger partial charge on any atom is -0.454 e. The van der Waals surface area contributed by atoms with E-state index >= 15 is 0 Å². The van der Waals surface area contributed by atoms with Gasteiger partial charge >= 0.3 is 0 Å². The zero-order valence-corrected chi connectivity index (χ0v) is 9.19. The maximum absolute atomic E-state index is 13.5. The zero-order valence-electron chi connectivity index (χ0n) is 9.19. The first-order valence-electron chi connectivity index (χ1n) is 5.18. The summed E-state index contributed by atoms with van der Waals surface area (Å²) in [4.78, 5) is 0. The Bertz CT molecular complexity index is 554. The van der Waals surface area contributed by atoms with E-state index in [-0.39, 0.29) is 5.75 Å². The Balaban J connectivity index is 2.32. The first kappa shape index (κ1) is 11.2. The minimum atomic E-state index is -0.393. The van der Waals surface area contributed by atoms with Crippen LogP contribution in [-0.4, -0.2) is 0 Å². The second kappa shape index (κ2) is 5.15. The van der Waals surface area contributed by atoms with E-state index in [1.807, 2.05) is 18.2 Å². The van der Waals surface area contributed by atoms with E-state index in [1.165, 1.54) is 6.07 Å². The van der Waals surface area contributed by atoms with Crippen LogP contribution in [0.4, 0.5) is 4.39 Å². The molecule has 0 saturated heterocycles. The quantitative estimate of drug-likeness (QED) is 0.704. The molecule has 0 saturated carbocycles. The molecule has 2 heteroatoms. The molecule has 84 valence electrons. The topological polar surface area (TPSA) is 9.23 Å². The van der Waals surface area contributed by atoms with Gasteiger partial charge in [-0.1, -0.05) is 30.8 Å². The van der Waals surface area contributed by atoms with E-state index in [4.69, 9.17) is 4.74 Å². The Kier molecular flexibility index (Phi) is 3.39. The molecule has 0 N–H and O–H groups in total. The molecule has 0 fully saturated rings. The van der Waals surface area contributed by atoms with Gasteiger partial charge in [0.15, 0.2) is 11.6 Å². The summed E-state index contributed by atoms with van der Waals surface area (Å²) >= 11 is 0. The number of ether oxygens (including phenoxy) is 1. The molecular weight excluding hydrogens is 215 g/mol. The molecule has 0 radical (unpaired) electrons. The van der Waals surface area contributed by atoms with Crippen molar-refractivity contribution in [2.45, 2.75) is 0 Å². The predicted molar refractivity (Wildman–Crippen MR) is 66.5 cm³/mol. The van der Waals surface area contributed by atoms with Crippen molar-refractivity contribution in [1.82, 2.24) is 0 Å². The molecule has 1 nitrogen and oxygen atoms in total. The lowest BCUT2D eigenvalue weighted by Crippen LogP contribution is -1.88. The van der Waals surface area contributed by atoms with Crippen molar-refractivity contribution in [3.05, 3.63) is 72.2 Å². The lowest BCUT2D eigenvalue weighted by molar-refractivity contribution is 0.442. The molecule has 0 atom stereocenters. The summed E-state index contributed by atoms with van der Waals surface area (Å²) in [6.45, 7) is 3.48. The summed E-state index contributed by atoms with van der Waals surface area (Å²) in [6.07, 6.45) is 1.66. The van der Waals surface area contributed by atoms with Crippen LogP contribution in [-0.2, 0) is 0 Å². The average molecular weight is 226 g/mol. The van der Waals surface area contributed by atoms with Crippen LogP contribution in [0.5, 0.6) is 11.5 Å². The van der Waals surface area contributed by atoms with E-state index in [9.17, 15) is 4.39 Å². The molecule has 17 heavy (non-hydrogen) atoms. The fourth-order valence-corrected chi connectivity index (χ4v) is 1.42. The maximum Gasteiger partial charge on any atom is 0.165 e. The summed E-state index contributed by atoms with van der Waals surface area (Å²) in [7, 11) is 0. The molecule has 0 aliphatic heterocycles. The first-order chi connectivity index (χ1) is 8.29. The number of hydrogen-bond acceptors (Lipinski definition) is 1. The van der Waals surface area contributed by atoms with E-state index in [2.05, 4.69) is 12.3 Å². The molecule has 2 aromatic rings. The molecule has 0 aliphatic rings. The molecular formula is C15H11FO. The third-order valence-electron chi connectivity index (χ3n) is 2.20. The van der Waals surface area contributed by atoms with Crippen LogP contribution in [0.3, 0.4) is 0 Å². The van der Waals surface area contributed by atoms with Gasteiger partial charge in [-0.15, -0.1) is 5.73 Å². The summed E-state index contributed by atoms with van der Waals surface area (Å²) < 4.78 is 19.0. The van der Waals surface area contributed by atoms with Crippen molar-refractivity contribution in [2.24, 2.45) is 0 Å². The highest BCUT2D eigenvalue weighted by Crippen LogP contribution is 2.25. The Morgan fingerprint density at radius 3 is 2.59 bits per heavy atom. The molecule has 0 unspecified atom stereocenters. The standard InChI is InChI=1S/C15H11FO/c1-2-6-12-9-10-14(16)15(11-12)17-13-7-4-3-5-8-13/h3-11H,1H2. The van der Waals surface area contributed by atoms with Gasteiger partial charge in [0.25, 0.3) is 0 Å². The van der Waals surface area contributed by atoms with Crippen molar-refractivity contribution in [1.29, 1.82) is 0 Å². The largest absolute Gasteiger partial charge is 0.454 e.